The van der Waals surface area contributed by atoms with Crippen LogP contribution in [0.25, 0.3) is 0 Å². The monoisotopic (exact) mass is 248 g/mol. The zero-order valence-corrected chi connectivity index (χ0v) is 9.47. The first kappa shape index (κ1) is 13.5. The third-order valence-electron chi connectivity index (χ3n) is 2.17. The van der Waals surface area contributed by atoms with Crippen molar-refractivity contribution < 1.29 is 17.9 Å². The number of anilines is 2. The second-order valence-electron chi connectivity index (χ2n) is 3.53. The van der Waals surface area contributed by atoms with Crippen LogP contribution in [0.5, 0.6) is 5.75 Å². The van der Waals surface area contributed by atoms with Gasteiger partial charge in [0.2, 0.25) is 0 Å². The maximum atomic E-state index is 13.2. The zero-order valence-electron chi connectivity index (χ0n) is 9.47. The Hall–Kier alpha value is -1.59. The van der Waals surface area contributed by atoms with Gasteiger partial charge in [0, 0.05) is 18.7 Å². The first-order valence-electron chi connectivity index (χ1n) is 5.32. The van der Waals surface area contributed by atoms with E-state index in [1.165, 1.54) is 0 Å². The van der Waals surface area contributed by atoms with Gasteiger partial charge in [-0.2, -0.15) is 8.78 Å². The molecule has 0 radical (unpaired) electrons. The van der Waals surface area contributed by atoms with Gasteiger partial charge < -0.3 is 15.8 Å². The van der Waals surface area contributed by atoms with Crippen molar-refractivity contribution in [2.75, 3.05) is 17.6 Å². The molecule has 0 saturated heterocycles. The molecule has 3 nitrogen and oxygen atoms in total. The molecule has 96 valence electrons. The van der Waals surface area contributed by atoms with Gasteiger partial charge in [0.05, 0.1) is 11.4 Å². The summed E-state index contributed by atoms with van der Waals surface area (Å²) in [7, 11) is 0. The molecule has 17 heavy (non-hydrogen) atoms. The van der Waals surface area contributed by atoms with Gasteiger partial charge >= 0.3 is 6.61 Å². The van der Waals surface area contributed by atoms with Crippen LogP contribution in [0.3, 0.4) is 0 Å². The minimum absolute atomic E-state index is 0.167. The van der Waals surface area contributed by atoms with Crippen molar-refractivity contribution in [1.29, 1.82) is 0 Å². The van der Waals surface area contributed by atoms with Crippen molar-refractivity contribution in [3.63, 3.8) is 0 Å². The van der Waals surface area contributed by atoms with Crippen LogP contribution in [0.4, 0.5) is 24.5 Å². The largest absolute Gasteiger partial charge is 0.432 e. The molecule has 0 aromatic heterocycles. The molecule has 0 saturated carbocycles. The smallest absolute Gasteiger partial charge is 0.387 e. The first-order valence-corrected chi connectivity index (χ1v) is 5.32. The predicted octanol–water partition coefficient (Wildman–Crippen LogP) is 3.22. The van der Waals surface area contributed by atoms with Gasteiger partial charge in [0.1, 0.15) is 0 Å². The number of rotatable bonds is 6. The van der Waals surface area contributed by atoms with E-state index in [1.54, 1.807) is 0 Å². The molecule has 0 bridgehead atoms. The van der Waals surface area contributed by atoms with E-state index in [1.807, 2.05) is 6.92 Å². The van der Waals surface area contributed by atoms with Crippen molar-refractivity contribution in [2.24, 2.45) is 0 Å². The number of hydrogen-bond donors (Lipinski definition) is 2. The van der Waals surface area contributed by atoms with Crippen LogP contribution < -0.4 is 15.8 Å². The van der Waals surface area contributed by atoms with E-state index in [0.717, 1.165) is 25.0 Å². The maximum Gasteiger partial charge on any atom is 0.387 e. The maximum absolute atomic E-state index is 13.2. The number of nitrogens with two attached hydrogens (primary N) is 1. The van der Waals surface area contributed by atoms with Crippen LogP contribution in [0.2, 0.25) is 0 Å². The lowest BCUT2D eigenvalue weighted by Gasteiger charge is -2.12. The SMILES string of the molecule is CCCCNc1cc(OC(F)F)c(F)cc1N. The molecule has 0 amide bonds. The van der Waals surface area contributed by atoms with Gasteiger partial charge in [-0.25, -0.2) is 4.39 Å². The van der Waals surface area contributed by atoms with E-state index in [9.17, 15) is 13.2 Å². The van der Waals surface area contributed by atoms with E-state index in [-0.39, 0.29) is 5.69 Å². The summed E-state index contributed by atoms with van der Waals surface area (Å²) in [6, 6.07) is 2.11. The number of ether oxygens (including phenoxy) is 1. The summed E-state index contributed by atoms with van der Waals surface area (Å²) in [5.41, 5.74) is 6.12. The third-order valence-corrected chi connectivity index (χ3v) is 2.17. The standard InChI is InChI=1S/C11H15F3N2O/c1-2-3-4-16-9-6-10(17-11(13)14)7(12)5-8(9)15/h5-6,11,16H,2-4,15H2,1H3. The summed E-state index contributed by atoms with van der Waals surface area (Å²) < 4.78 is 41.3. The quantitative estimate of drug-likeness (QED) is 0.600. The number of nitrogens with one attached hydrogen (secondary N) is 1. The van der Waals surface area contributed by atoms with Crippen LogP contribution in [0.1, 0.15) is 19.8 Å². The zero-order chi connectivity index (χ0) is 12.8. The lowest BCUT2D eigenvalue weighted by atomic mass is 10.2. The van der Waals surface area contributed by atoms with E-state index in [4.69, 9.17) is 5.73 Å². The molecule has 0 heterocycles. The van der Waals surface area contributed by atoms with Crippen molar-refractivity contribution >= 4 is 11.4 Å². The molecule has 0 aliphatic carbocycles. The highest BCUT2D eigenvalue weighted by Gasteiger charge is 2.12. The summed E-state index contributed by atoms with van der Waals surface area (Å²) in [6.07, 6.45) is 1.89. The summed E-state index contributed by atoms with van der Waals surface area (Å²) >= 11 is 0. The number of hydrogen-bond acceptors (Lipinski definition) is 3. The Morgan fingerprint density at radius 3 is 2.71 bits per heavy atom. The molecule has 0 fully saturated rings. The summed E-state index contributed by atoms with van der Waals surface area (Å²) in [5, 5.41) is 2.94. The van der Waals surface area contributed by atoms with Crippen LogP contribution in [0, 0.1) is 5.82 Å². The number of unbranched alkanes of at least 4 members (excludes halogenated alkanes) is 1. The fourth-order valence-corrected chi connectivity index (χ4v) is 1.31. The Kier molecular flexibility index (Phi) is 4.93. The summed E-state index contributed by atoms with van der Waals surface area (Å²) in [6.45, 7) is -0.404. The molecule has 0 aliphatic rings. The molecule has 0 aliphatic heterocycles. The van der Waals surface area contributed by atoms with Crippen molar-refractivity contribution in [3.8, 4) is 5.75 Å². The van der Waals surface area contributed by atoms with E-state index in [2.05, 4.69) is 10.1 Å². The van der Waals surface area contributed by atoms with Gasteiger partial charge in [-0.15, -0.1) is 0 Å². The van der Waals surface area contributed by atoms with Crippen molar-refractivity contribution in [3.05, 3.63) is 17.9 Å². The molecule has 1 aromatic rings. The minimum atomic E-state index is -3.06. The predicted molar refractivity (Wildman–Crippen MR) is 60.8 cm³/mol. The molecule has 1 aromatic carbocycles. The number of nitrogen functional groups attached to an aromatic ring is 1. The number of halogens is 3. The van der Waals surface area contributed by atoms with Crippen LogP contribution in [0.15, 0.2) is 12.1 Å². The highest BCUT2D eigenvalue weighted by molar-refractivity contribution is 5.68. The van der Waals surface area contributed by atoms with Crippen LogP contribution in [-0.2, 0) is 0 Å². The van der Waals surface area contributed by atoms with E-state index in [0.29, 0.717) is 12.2 Å². The first-order chi connectivity index (χ1) is 8.04. The van der Waals surface area contributed by atoms with Gasteiger partial charge in [-0.3, -0.25) is 0 Å². The lowest BCUT2D eigenvalue weighted by molar-refractivity contribution is -0.0521. The van der Waals surface area contributed by atoms with Gasteiger partial charge in [-0.05, 0) is 6.42 Å². The molecular formula is C11H15F3N2O. The highest BCUT2D eigenvalue weighted by Crippen LogP contribution is 2.29. The molecule has 3 N–H and O–H groups in total. The third kappa shape index (κ3) is 4.05. The lowest BCUT2D eigenvalue weighted by Crippen LogP contribution is -2.08. The Labute approximate surface area is 97.8 Å². The van der Waals surface area contributed by atoms with E-state index >= 15 is 0 Å². The van der Waals surface area contributed by atoms with Crippen LogP contribution in [-0.4, -0.2) is 13.2 Å². The molecule has 0 unspecified atom stereocenters. The van der Waals surface area contributed by atoms with Crippen molar-refractivity contribution in [2.45, 2.75) is 26.4 Å². The summed E-state index contributed by atoms with van der Waals surface area (Å²) in [4.78, 5) is 0. The Bertz CT molecular complexity index is 372. The molecule has 1 rings (SSSR count). The average molecular weight is 248 g/mol. The second-order valence-corrected chi connectivity index (χ2v) is 3.53. The highest BCUT2D eigenvalue weighted by atomic mass is 19.3. The fraction of sp³-hybridized carbons (Fsp3) is 0.455. The van der Waals surface area contributed by atoms with Gasteiger partial charge in [-0.1, -0.05) is 13.3 Å². The van der Waals surface area contributed by atoms with Crippen molar-refractivity contribution in [1.82, 2.24) is 0 Å². The second kappa shape index (κ2) is 6.22. The normalized spacial score (nSPS) is 10.6. The fourth-order valence-electron chi connectivity index (χ4n) is 1.31. The van der Waals surface area contributed by atoms with Crippen LogP contribution >= 0.6 is 0 Å². The topological polar surface area (TPSA) is 47.3 Å². The molecule has 0 spiro atoms. The Balaban J connectivity index is 2.82. The van der Waals surface area contributed by atoms with E-state index < -0.39 is 18.2 Å². The Morgan fingerprint density at radius 2 is 2.12 bits per heavy atom. The molecular weight excluding hydrogens is 233 g/mol. The summed E-state index contributed by atoms with van der Waals surface area (Å²) in [5.74, 6) is -1.41. The van der Waals surface area contributed by atoms with Gasteiger partial charge in [0.25, 0.3) is 0 Å². The average Bonchev–Trinajstić information content (AvgIpc) is 2.24. The molecule has 0 atom stereocenters. The molecule has 6 heteroatoms. The number of benzene rings is 1. The number of alkyl halides is 2. The minimum Gasteiger partial charge on any atom is -0.432 e. The Morgan fingerprint density at radius 1 is 1.41 bits per heavy atom. The van der Waals surface area contributed by atoms with Gasteiger partial charge in [0.15, 0.2) is 11.6 Å².